The normalized spacial score (nSPS) is 22.2. The molecule has 0 saturated carbocycles. The van der Waals surface area contributed by atoms with Crippen molar-refractivity contribution in [1.82, 2.24) is 14.8 Å². The molecular weight excluding hydrogens is 418 g/mol. The molecule has 2 aromatic rings. The zero-order valence-corrected chi connectivity index (χ0v) is 19.4. The number of ether oxygens (including phenoxy) is 2. The number of likely N-dealkylation sites (N-methyl/N-ethyl adjacent to an activating group) is 1. The van der Waals surface area contributed by atoms with Crippen molar-refractivity contribution in [2.24, 2.45) is 0 Å². The maximum Gasteiger partial charge on any atom is 0.256 e. The molecule has 1 saturated heterocycles. The van der Waals surface area contributed by atoms with E-state index < -0.39 is 5.60 Å². The number of pyridine rings is 1. The van der Waals surface area contributed by atoms with Crippen LogP contribution in [-0.4, -0.2) is 72.1 Å². The van der Waals surface area contributed by atoms with Gasteiger partial charge in [-0.2, -0.15) is 0 Å². The zero-order valence-electron chi connectivity index (χ0n) is 19.4. The lowest BCUT2D eigenvalue weighted by Crippen LogP contribution is -2.61. The average molecular weight is 452 g/mol. The third kappa shape index (κ3) is 5.71. The molecule has 0 radical (unpaired) electrons. The highest BCUT2D eigenvalue weighted by Gasteiger charge is 2.45. The second-order valence-electron chi connectivity index (χ2n) is 8.91. The lowest BCUT2D eigenvalue weighted by atomic mass is 9.91. The van der Waals surface area contributed by atoms with Gasteiger partial charge in [-0.25, -0.2) is 0 Å². The van der Waals surface area contributed by atoms with Crippen molar-refractivity contribution in [3.05, 3.63) is 59.9 Å². The van der Waals surface area contributed by atoms with Crippen molar-refractivity contribution in [3.8, 4) is 5.75 Å². The molecule has 2 aliphatic rings. The van der Waals surface area contributed by atoms with Crippen LogP contribution in [0.15, 0.2) is 48.8 Å². The number of aryl methyl sites for hydroxylation is 2. The SMILES string of the molecule is CN1CCOc2ccccc2CCCCC2(CN(C(=O)CCc3cccnc3)CCO2)C1=O. The number of amides is 2. The lowest BCUT2D eigenvalue weighted by Gasteiger charge is -2.43. The van der Waals surface area contributed by atoms with E-state index in [2.05, 4.69) is 11.1 Å². The summed E-state index contributed by atoms with van der Waals surface area (Å²) in [5, 5.41) is 0. The standard InChI is InChI=1S/C26H33N3O4/c1-28-15-17-32-23-10-3-2-8-22(23)9-4-5-13-26(25(28)31)20-29(16-18-33-26)24(30)12-11-21-7-6-14-27-19-21/h2-3,6-8,10,14,19H,4-5,9,11-13,15-18,20H2,1H3. The van der Waals surface area contributed by atoms with E-state index in [1.807, 2.05) is 35.2 Å². The minimum atomic E-state index is -0.990. The fraction of sp³-hybridized carbons (Fsp3) is 0.500. The summed E-state index contributed by atoms with van der Waals surface area (Å²) >= 11 is 0. The number of nitrogens with zero attached hydrogens (tertiary/aromatic N) is 3. The Morgan fingerprint density at radius 3 is 2.85 bits per heavy atom. The van der Waals surface area contributed by atoms with Gasteiger partial charge in [0.15, 0.2) is 5.60 Å². The van der Waals surface area contributed by atoms with Crippen LogP contribution in [0.2, 0.25) is 0 Å². The molecule has 1 atom stereocenters. The van der Waals surface area contributed by atoms with Gasteiger partial charge in [-0.3, -0.25) is 14.6 Å². The van der Waals surface area contributed by atoms with Crippen LogP contribution in [0.1, 0.15) is 36.8 Å². The number of carbonyl (C=O) groups is 2. The highest BCUT2D eigenvalue weighted by molar-refractivity contribution is 5.87. The van der Waals surface area contributed by atoms with Gasteiger partial charge in [-0.05, 0) is 55.4 Å². The molecule has 2 aliphatic heterocycles. The van der Waals surface area contributed by atoms with Crippen LogP contribution in [-0.2, 0) is 27.2 Å². The van der Waals surface area contributed by atoms with Gasteiger partial charge in [-0.15, -0.1) is 0 Å². The topological polar surface area (TPSA) is 72.0 Å². The number of carbonyl (C=O) groups excluding carboxylic acids is 2. The van der Waals surface area contributed by atoms with Gasteiger partial charge in [0.1, 0.15) is 12.4 Å². The monoisotopic (exact) mass is 451 g/mol. The van der Waals surface area contributed by atoms with Gasteiger partial charge in [-0.1, -0.05) is 24.3 Å². The Morgan fingerprint density at radius 1 is 1.12 bits per heavy atom. The van der Waals surface area contributed by atoms with Crippen LogP contribution in [0.4, 0.5) is 0 Å². The van der Waals surface area contributed by atoms with E-state index in [9.17, 15) is 9.59 Å². The van der Waals surface area contributed by atoms with E-state index >= 15 is 0 Å². The van der Waals surface area contributed by atoms with E-state index in [-0.39, 0.29) is 11.8 Å². The third-order valence-electron chi connectivity index (χ3n) is 6.56. The van der Waals surface area contributed by atoms with Crippen LogP contribution in [0.25, 0.3) is 0 Å². The van der Waals surface area contributed by atoms with E-state index in [0.717, 1.165) is 30.6 Å². The molecule has 0 aliphatic carbocycles. The number of hydrogen-bond acceptors (Lipinski definition) is 5. The van der Waals surface area contributed by atoms with Gasteiger partial charge >= 0.3 is 0 Å². The van der Waals surface area contributed by atoms with Gasteiger partial charge in [0.25, 0.3) is 5.91 Å². The number of rotatable bonds is 3. The summed E-state index contributed by atoms with van der Waals surface area (Å²) in [5.74, 6) is 0.887. The average Bonchev–Trinajstić information content (AvgIpc) is 2.85. The summed E-state index contributed by atoms with van der Waals surface area (Å²) < 4.78 is 12.2. The summed E-state index contributed by atoms with van der Waals surface area (Å²) in [6, 6.07) is 12.0. The summed E-state index contributed by atoms with van der Waals surface area (Å²) in [6.45, 7) is 2.08. The molecule has 7 nitrogen and oxygen atoms in total. The quantitative estimate of drug-likeness (QED) is 0.718. The maximum atomic E-state index is 13.5. The second kappa shape index (κ2) is 10.8. The summed E-state index contributed by atoms with van der Waals surface area (Å²) in [4.78, 5) is 34.2. The summed E-state index contributed by atoms with van der Waals surface area (Å²) in [6.07, 6.45) is 7.82. The van der Waals surface area contributed by atoms with Gasteiger partial charge in [0.2, 0.25) is 5.91 Å². The molecule has 2 amide bonds. The minimum absolute atomic E-state index is 0.0559. The molecule has 0 bridgehead atoms. The minimum Gasteiger partial charge on any atom is -0.491 e. The Hall–Kier alpha value is -2.93. The summed E-state index contributed by atoms with van der Waals surface area (Å²) in [7, 11) is 1.79. The molecule has 1 spiro atoms. The first-order chi connectivity index (χ1) is 16.1. The second-order valence-corrected chi connectivity index (χ2v) is 8.91. The van der Waals surface area contributed by atoms with Crippen molar-refractivity contribution in [3.63, 3.8) is 0 Å². The van der Waals surface area contributed by atoms with Crippen molar-refractivity contribution < 1.29 is 19.1 Å². The fourth-order valence-electron chi connectivity index (χ4n) is 4.66. The van der Waals surface area contributed by atoms with Crippen LogP contribution in [0, 0.1) is 0 Å². The Kier molecular flexibility index (Phi) is 7.60. The fourth-order valence-corrected chi connectivity index (χ4v) is 4.66. The van der Waals surface area contributed by atoms with Crippen molar-refractivity contribution in [1.29, 1.82) is 0 Å². The first-order valence-electron chi connectivity index (χ1n) is 11.8. The maximum absolute atomic E-state index is 13.5. The largest absolute Gasteiger partial charge is 0.491 e. The molecule has 176 valence electrons. The van der Waals surface area contributed by atoms with Gasteiger partial charge in [0.05, 0.1) is 19.7 Å². The van der Waals surface area contributed by atoms with Crippen LogP contribution >= 0.6 is 0 Å². The van der Waals surface area contributed by atoms with Crippen molar-refractivity contribution in [2.75, 3.05) is 39.9 Å². The molecule has 33 heavy (non-hydrogen) atoms. The highest BCUT2D eigenvalue weighted by Crippen LogP contribution is 2.29. The zero-order chi connectivity index (χ0) is 23.1. The number of benzene rings is 1. The van der Waals surface area contributed by atoms with E-state index in [4.69, 9.17) is 9.47 Å². The van der Waals surface area contributed by atoms with Gasteiger partial charge in [0, 0.05) is 32.4 Å². The number of fused-ring (bicyclic) bond motifs is 1. The predicted octanol–water partition coefficient (Wildman–Crippen LogP) is 2.88. The molecular formula is C26H33N3O4. The smallest absolute Gasteiger partial charge is 0.256 e. The van der Waals surface area contributed by atoms with Crippen LogP contribution < -0.4 is 4.74 Å². The highest BCUT2D eigenvalue weighted by atomic mass is 16.5. The molecule has 3 heterocycles. The van der Waals surface area contributed by atoms with Crippen molar-refractivity contribution in [2.45, 2.75) is 44.1 Å². The van der Waals surface area contributed by atoms with E-state index in [0.29, 0.717) is 52.1 Å². The molecule has 7 heteroatoms. The Labute approximate surface area is 195 Å². The predicted molar refractivity (Wildman–Crippen MR) is 125 cm³/mol. The number of para-hydroxylation sites is 1. The molecule has 1 aromatic carbocycles. The Morgan fingerprint density at radius 2 is 2.00 bits per heavy atom. The number of aromatic nitrogens is 1. The summed E-state index contributed by atoms with van der Waals surface area (Å²) in [5.41, 5.74) is 1.24. The van der Waals surface area contributed by atoms with E-state index in [1.54, 1.807) is 24.3 Å². The van der Waals surface area contributed by atoms with Crippen molar-refractivity contribution >= 4 is 11.8 Å². The molecule has 4 rings (SSSR count). The number of morpholine rings is 1. The van der Waals surface area contributed by atoms with E-state index in [1.165, 1.54) is 5.56 Å². The molecule has 1 unspecified atom stereocenters. The Balaban J connectivity index is 1.45. The molecule has 1 fully saturated rings. The first kappa shape index (κ1) is 23.2. The Bertz CT molecular complexity index is 952. The van der Waals surface area contributed by atoms with Crippen LogP contribution in [0.3, 0.4) is 0 Å². The molecule has 0 N–H and O–H groups in total. The first-order valence-corrected chi connectivity index (χ1v) is 11.8. The molecule has 1 aromatic heterocycles. The third-order valence-corrected chi connectivity index (χ3v) is 6.56. The lowest BCUT2D eigenvalue weighted by molar-refractivity contribution is -0.175. The number of hydrogen-bond donors (Lipinski definition) is 0. The van der Waals surface area contributed by atoms with Gasteiger partial charge < -0.3 is 19.3 Å². The van der Waals surface area contributed by atoms with Crippen LogP contribution in [0.5, 0.6) is 5.75 Å².